The number of hydrogen-bond acceptors (Lipinski definition) is 2. The van der Waals surface area contributed by atoms with Gasteiger partial charge in [0.15, 0.2) is 0 Å². The van der Waals surface area contributed by atoms with Gasteiger partial charge in [-0.25, -0.2) is 4.39 Å². The van der Waals surface area contributed by atoms with Crippen LogP contribution in [-0.4, -0.2) is 9.78 Å². The van der Waals surface area contributed by atoms with Crippen LogP contribution in [0.2, 0.25) is 5.02 Å². The number of nitrogens with zero attached hydrogens (tertiary/aromatic N) is 2. The largest absolute Gasteiger partial charge is 0.378 e. The fraction of sp³-hybridized carbons (Fsp3) is 0.250. The molecular weight excluding hydrogens is 241 g/mol. The number of nitrogens with one attached hydrogen (secondary N) is 1. The number of aryl methyl sites for hydroxylation is 1. The van der Waals surface area contributed by atoms with Crippen molar-refractivity contribution in [3.8, 4) is 0 Å². The maximum atomic E-state index is 12.9. The van der Waals surface area contributed by atoms with E-state index >= 15 is 0 Å². The van der Waals surface area contributed by atoms with E-state index in [1.807, 2.05) is 17.7 Å². The van der Waals surface area contributed by atoms with Gasteiger partial charge in [-0.15, -0.1) is 0 Å². The molecule has 0 atom stereocenters. The number of aromatic nitrogens is 2. The summed E-state index contributed by atoms with van der Waals surface area (Å²) in [5, 5.41) is 7.71. The third-order valence-corrected chi connectivity index (χ3v) is 2.81. The van der Waals surface area contributed by atoms with Crippen LogP contribution in [0.5, 0.6) is 0 Å². The van der Waals surface area contributed by atoms with E-state index in [2.05, 4.69) is 10.4 Å². The zero-order valence-corrected chi connectivity index (χ0v) is 10.2. The Kier molecular flexibility index (Phi) is 3.64. The van der Waals surface area contributed by atoms with E-state index in [9.17, 15) is 4.39 Å². The smallest absolute Gasteiger partial charge is 0.124 e. The van der Waals surface area contributed by atoms with Crippen molar-refractivity contribution in [3.63, 3.8) is 0 Å². The second-order valence-corrected chi connectivity index (χ2v) is 4.02. The summed E-state index contributed by atoms with van der Waals surface area (Å²) in [6.45, 7) is 3.46. The Labute approximate surface area is 104 Å². The summed E-state index contributed by atoms with van der Waals surface area (Å²) in [6, 6.07) is 6.24. The van der Waals surface area contributed by atoms with Crippen LogP contribution in [0.15, 0.2) is 30.5 Å². The van der Waals surface area contributed by atoms with Crippen LogP contribution >= 0.6 is 11.6 Å². The molecule has 0 amide bonds. The Bertz CT molecular complexity index is 510. The lowest BCUT2D eigenvalue weighted by Crippen LogP contribution is -2.08. The summed E-state index contributed by atoms with van der Waals surface area (Å²) in [4.78, 5) is 0. The lowest BCUT2D eigenvalue weighted by Gasteiger charge is -2.09. The van der Waals surface area contributed by atoms with Crippen LogP contribution in [-0.2, 0) is 13.1 Å². The number of anilines is 1. The van der Waals surface area contributed by atoms with Crippen molar-refractivity contribution in [2.75, 3.05) is 5.32 Å². The Hall–Kier alpha value is -1.55. The van der Waals surface area contributed by atoms with Crippen molar-refractivity contribution in [3.05, 3.63) is 47.0 Å². The first kappa shape index (κ1) is 11.9. The minimum atomic E-state index is -0.334. The molecule has 2 aromatic rings. The first-order valence-corrected chi connectivity index (χ1v) is 5.78. The van der Waals surface area contributed by atoms with Crippen LogP contribution < -0.4 is 5.32 Å². The zero-order valence-electron chi connectivity index (χ0n) is 9.45. The van der Waals surface area contributed by atoms with Crippen molar-refractivity contribution in [1.82, 2.24) is 9.78 Å². The van der Waals surface area contributed by atoms with Crippen molar-refractivity contribution in [2.24, 2.45) is 0 Å². The van der Waals surface area contributed by atoms with Crippen LogP contribution in [0.3, 0.4) is 0 Å². The fourth-order valence-electron chi connectivity index (χ4n) is 1.61. The predicted octanol–water partition coefficient (Wildman–Crippen LogP) is 3.31. The minimum Gasteiger partial charge on any atom is -0.378 e. The van der Waals surface area contributed by atoms with Gasteiger partial charge in [-0.1, -0.05) is 11.6 Å². The number of hydrogen-bond donors (Lipinski definition) is 1. The van der Waals surface area contributed by atoms with Crippen LogP contribution in [0.4, 0.5) is 10.1 Å². The topological polar surface area (TPSA) is 29.9 Å². The third kappa shape index (κ3) is 2.77. The lowest BCUT2D eigenvalue weighted by atomic mass is 10.3. The van der Waals surface area contributed by atoms with E-state index in [0.29, 0.717) is 11.6 Å². The number of benzene rings is 1. The van der Waals surface area contributed by atoms with Gasteiger partial charge in [-0.3, -0.25) is 4.68 Å². The lowest BCUT2D eigenvalue weighted by molar-refractivity contribution is 0.625. The standard InChI is InChI=1S/C12H13ClFN3/c1-2-17-10(5-6-16-17)8-15-12-4-3-9(14)7-11(12)13/h3-7,15H,2,8H2,1H3. The average Bonchev–Trinajstić information content (AvgIpc) is 2.75. The van der Waals surface area contributed by atoms with Gasteiger partial charge in [0.2, 0.25) is 0 Å². The molecule has 1 N–H and O–H groups in total. The van der Waals surface area contributed by atoms with E-state index in [1.165, 1.54) is 12.1 Å². The molecule has 0 saturated carbocycles. The molecule has 1 aromatic heterocycles. The third-order valence-electron chi connectivity index (χ3n) is 2.50. The minimum absolute atomic E-state index is 0.334. The highest BCUT2D eigenvalue weighted by atomic mass is 35.5. The van der Waals surface area contributed by atoms with Gasteiger partial charge in [-0.05, 0) is 31.2 Å². The monoisotopic (exact) mass is 253 g/mol. The molecule has 0 aliphatic heterocycles. The van der Waals surface area contributed by atoms with Crippen LogP contribution in [0, 0.1) is 5.82 Å². The molecule has 2 rings (SSSR count). The molecule has 1 aromatic carbocycles. The molecule has 0 unspecified atom stereocenters. The highest BCUT2D eigenvalue weighted by molar-refractivity contribution is 6.33. The van der Waals surface area contributed by atoms with Crippen molar-refractivity contribution >= 4 is 17.3 Å². The molecule has 90 valence electrons. The van der Waals surface area contributed by atoms with E-state index in [4.69, 9.17) is 11.6 Å². The highest BCUT2D eigenvalue weighted by Crippen LogP contribution is 2.22. The average molecular weight is 254 g/mol. The molecule has 5 heteroatoms. The predicted molar refractivity (Wildman–Crippen MR) is 66.6 cm³/mol. The van der Waals surface area contributed by atoms with Crippen molar-refractivity contribution < 1.29 is 4.39 Å². The summed E-state index contributed by atoms with van der Waals surface area (Å²) < 4.78 is 14.7. The molecule has 17 heavy (non-hydrogen) atoms. The maximum absolute atomic E-state index is 12.9. The molecule has 3 nitrogen and oxygen atoms in total. The summed E-state index contributed by atoms with van der Waals surface area (Å²) in [6.07, 6.45) is 1.76. The van der Waals surface area contributed by atoms with Crippen molar-refractivity contribution in [1.29, 1.82) is 0 Å². The first-order chi connectivity index (χ1) is 8.20. The number of halogens is 2. The summed E-state index contributed by atoms with van der Waals surface area (Å²) >= 11 is 5.92. The van der Waals surface area contributed by atoms with Gasteiger partial charge in [0.05, 0.1) is 22.9 Å². The zero-order chi connectivity index (χ0) is 12.3. The molecule has 0 radical (unpaired) electrons. The van der Waals surface area contributed by atoms with Crippen LogP contribution in [0.25, 0.3) is 0 Å². The quantitative estimate of drug-likeness (QED) is 0.906. The Balaban J connectivity index is 2.07. The summed E-state index contributed by atoms with van der Waals surface area (Å²) in [5.74, 6) is -0.334. The highest BCUT2D eigenvalue weighted by Gasteiger charge is 2.04. The van der Waals surface area contributed by atoms with Gasteiger partial charge in [0, 0.05) is 12.7 Å². The van der Waals surface area contributed by atoms with E-state index < -0.39 is 0 Å². The Morgan fingerprint density at radius 2 is 2.24 bits per heavy atom. The SMILES string of the molecule is CCn1nccc1CNc1ccc(F)cc1Cl. The van der Waals surface area contributed by atoms with E-state index in [0.717, 1.165) is 17.9 Å². The maximum Gasteiger partial charge on any atom is 0.124 e. The fourth-order valence-corrected chi connectivity index (χ4v) is 1.85. The molecule has 0 bridgehead atoms. The van der Waals surface area contributed by atoms with E-state index in [1.54, 1.807) is 12.3 Å². The Morgan fingerprint density at radius 3 is 2.94 bits per heavy atom. The van der Waals surface area contributed by atoms with Gasteiger partial charge in [0.25, 0.3) is 0 Å². The van der Waals surface area contributed by atoms with Crippen molar-refractivity contribution in [2.45, 2.75) is 20.0 Å². The first-order valence-electron chi connectivity index (χ1n) is 5.40. The van der Waals surface area contributed by atoms with Gasteiger partial charge in [-0.2, -0.15) is 5.10 Å². The second kappa shape index (κ2) is 5.19. The van der Waals surface area contributed by atoms with Gasteiger partial charge >= 0.3 is 0 Å². The summed E-state index contributed by atoms with van der Waals surface area (Å²) in [5.41, 5.74) is 1.78. The normalized spacial score (nSPS) is 10.5. The molecule has 0 saturated heterocycles. The van der Waals surface area contributed by atoms with Crippen LogP contribution in [0.1, 0.15) is 12.6 Å². The summed E-state index contributed by atoms with van der Waals surface area (Å²) in [7, 11) is 0. The molecule has 0 aliphatic rings. The van der Waals surface area contributed by atoms with E-state index in [-0.39, 0.29) is 5.82 Å². The second-order valence-electron chi connectivity index (χ2n) is 3.62. The van der Waals surface area contributed by atoms with Gasteiger partial charge < -0.3 is 5.32 Å². The molecular formula is C12H13ClFN3. The molecule has 0 spiro atoms. The molecule has 1 heterocycles. The molecule has 0 aliphatic carbocycles. The molecule has 0 fully saturated rings. The number of rotatable bonds is 4. The Morgan fingerprint density at radius 1 is 1.41 bits per heavy atom. The van der Waals surface area contributed by atoms with Gasteiger partial charge in [0.1, 0.15) is 5.82 Å².